The highest BCUT2D eigenvalue weighted by atomic mass is 32.1. The van der Waals surface area contributed by atoms with Crippen molar-refractivity contribution in [1.82, 2.24) is 10.6 Å². The fourth-order valence-electron chi connectivity index (χ4n) is 3.31. The monoisotopic (exact) mass is 473 g/mol. The summed E-state index contributed by atoms with van der Waals surface area (Å²) >= 11 is 5.41. The first-order valence-electron chi connectivity index (χ1n) is 11.9. The van der Waals surface area contributed by atoms with E-state index in [1.165, 1.54) is 32.1 Å². The summed E-state index contributed by atoms with van der Waals surface area (Å²) in [7, 11) is 1.62. The highest BCUT2D eigenvalue weighted by molar-refractivity contribution is 7.80. The Labute approximate surface area is 204 Å². The number of methoxy groups -OCH3 is 1. The smallest absolute Gasteiger partial charge is 0.166 e. The second-order valence-electron chi connectivity index (χ2n) is 7.92. The zero-order valence-electron chi connectivity index (χ0n) is 20.0. The Balaban J connectivity index is 1.67. The minimum atomic E-state index is 0.453. The molecule has 2 rings (SSSR count). The number of ether oxygens (including phenoxy) is 3. The van der Waals surface area contributed by atoms with E-state index in [0.717, 1.165) is 29.9 Å². The fourth-order valence-corrected chi connectivity index (χ4v) is 3.46. The molecule has 0 aliphatic heterocycles. The average molecular weight is 474 g/mol. The van der Waals surface area contributed by atoms with Crippen LogP contribution in [-0.4, -0.2) is 32.0 Å². The van der Waals surface area contributed by atoms with Crippen LogP contribution < -0.4 is 30.6 Å². The maximum absolute atomic E-state index is 5.85. The van der Waals surface area contributed by atoms with Crippen LogP contribution in [0.25, 0.3) is 0 Å². The van der Waals surface area contributed by atoms with Crippen LogP contribution in [0.4, 0.5) is 0 Å². The first-order chi connectivity index (χ1) is 16.2. The van der Waals surface area contributed by atoms with E-state index in [1.54, 1.807) is 7.11 Å². The maximum Gasteiger partial charge on any atom is 0.166 e. The molecule has 6 nitrogen and oxygen atoms in total. The van der Waals surface area contributed by atoms with Gasteiger partial charge in [0.25, 0.3) is 0 Å². The fraction of sp³-hybridized carbons (Fsp3) is 0.500. The molecule has 4 N–H and O–H groups in total. The Hall–Kier alpha value is -2.51. The molecule has 0 saturated carbocycles. The second kappa shape index (κ2) is 16.2. The minimum absolute atomic E-state index is 0.453. The SMILES string of the molecule is CCCCCCCCOc1ccc(CNC(=S)NCc2ccc(OCCN)c(OC)c2)cc1. The highest BCUT2D eigenvalue weighted by Crippen LogP contribution is 2.27. The Kier molecular flexibility index (Phi) is 13.1. The third-order valence-electron chi connectivity index (χ3n) is 5.20. The van der Waals surface area contributed by atoms with Gasteiger partial charge in [-0.25, -0.2) is 0 Å². The average Bonchev–Trinajstić information content (AvgIpc) is 2.85. The van der Waals surface area contributed by atoms with Gasteiger partial charge >= 0.3 is 0 Å². The van der Waals surface area contributed by atoms with Crippen molar-refractivity contribution < 1.29 is 14.2 Å². The standard InChI is InChI=1S/C26H39N3O3S/c1-3-4-5-6-7-8-16-31-23-12-9-21(10-13-23)19-28-26(33)29-20-22-11-14-24(32-17-15-27)25(18-22)30-2/h9-14,18H,3-8,15-17,19-20,27H2,1-2H3,(H2,28,29,33). The van der Waals surface area contributed by atoms with Crippen LogP contribution in [-0.2, 0) is 13.1 Å². The van der Waals surface area contributed by atoms with Gasteiger partial charge in [0, 0.05) is 19.6 Å². The number of thiocarbonyl (C=S) groups is 1. The van der Waals surface area contributed by atoms with E-state index in [9.17, 15) is 0 Å². The van der Waals surface area contributed by atoms with Gasteiger partial charge in [-0.2, -0.15) is 0 Å². The van der Waals surface area contributed by atoms with Crippen molar-refractivity contribution in [3.63, 3.8) is 0 Å². The van der Waals surface area contributed by atoms with E-state index in [0.29, 0.717) is 42.9 Å². The molecule has 0 bridgehead atoms. The molecule has 0 spiro atoms. The van der Waals surface area contributed by atoms with Gasteiger partial charge < -0.3 is 30.6 Å². The largest absolute Gasteiger partial charge is 0.494 e. The Morgan fingerprint density at radius 3 is 2.18 bits per heavy atom. The summed E-state index contributed by atoms with van der Waals surface area (Å²) in [5, 5.41) is 7.07. The lowest BCUT2D eigenvalue weighted by molar-refractivity contribution is 0.302. The predicted octanol–water partition coefficient (Wildman–Crippen LogP) is 4.94. The van der Waals surface area contributed by atoms with E-state index in [2.05, 4.69) is 29.7 Å². The number of nitrogens with one attached hydrogen (secondary N) is 2. The van der Waals surface area contributed by atoms with Gasteiger partial charge in [-0.15, -0.1) is 0 Å². The van der Waals surface area contributed by atoms with Gasteiger partial charge in [0.1, 0.15) is 12.4 Å². The second-order valence-corrected chi connectivity index (χ2v) is 8.33. The maximum atomic E-state index is 5.85. The van der Waals surface area contributed by atoms with Crippen LogP contribution in [0.2, 0.25) is 0 Å². The number of nitrogens with two attached hydrogens (primary N) is 1. The molecule has 33 heavy (non-hydrogen) atoms. The minimum Gasteiger partial charge on any atom is -0.494 e. The van der Waals surface area contributed by atoms with Crippen molar-refractivity contribution in [3.05, 3.63) is 53.6 Å². The number of hydrogen-bond acceptors (Lipinski definition) is 5. The van der Waals surface area contributed by atoms with Gasteiger partial charge in [0.15, 0.2) is 16.6 Å². The number of unbranched alkanes of at least 4 members (excludes halogenated alkanes) is 5. The van der Waals surface area contributed by atoms with Crippen LogP contribution in [0.3, 0.4) is 0 Å². The molecular formula is C26H39N3O3S. The van der Waals surface area contributed by atoms with Crippen molar-refractivity contribution in [3.8, 4) is 17.2 Å². The molecule has 2 aromatic carbocycles. The number of hydrogen-bond donors (Lipinski definition) is 3. The van der Waals surface area contributed by atoms with Crippen molar-refractivity contribution in [2.75, 3.05) is 26.9 Å². The summed E-state index contributed by atoms with van der Waals surface area (Å²) in [5.41, 5.74) is 7.69. The van der Waals surface area contributed by atoms with Crippen LogP contribution in [0.1, 0.15) is 56.6 Å². The molecule has 0 unspecified atom stereocenters. The first kappa shape index (κ1) is 26.7. The molecule has 2 aromatic rings. The van der Waals surface area contributed by atoms with E-state index in [-0.39, 0.29) is 0 Å². The molecule has 0 aliphatic rings. The molecular weight excluding hydrogens is 434 g/mol. The van der Waals surface area contributed by atoms with E-state index in [4.69, 9.17) is 32.2 Å². The third-order valence-corrected chi connectivity index (χ3v) is 5.49. The van der Waals surface area contributed by atoms with E-state index < -0.39 is 0 Å². The summed E-state index contributed by atoms with van der Waals surface area (Å²) in [6.07, 6.45) is 7.61. The Morgan fingerprint density at radius 2 is 1.48 bits per heavy atom. The lowest BCUT2D eigenvalue weighted by atomic mass is 10.1. The predicted molar refractivity (Wildman–Crippen MR) is 139 cm³/mol. The zero-order valence-corrected chi connectivity index (χ0v) is 20.8. The third kappa shape index (κ3) is 10.8. The molecule has 0 aliphatic carbocycles. The molecule has 0 radical (unpaired) electrons. The van der Waals surface area contributed by atoms with Crippen LogP contribution >= 0.6 is 12.2 Å². The van der Waals surface area contributed by atoms with Crippen molar-refractivity contribution in [1.29, 1.82) is 0 Å². The van der Waals surface area contributed by atoms with Crippen LogP contribution in [0.5, 0.6) is 17.2 Å². The zero-order chi connectivity index (χ0) is 23.7. The van der Waals surface area contributed by atoms with Crippen molar-refractivity contribution in [2.45, 2.75) is 58.5 Å². The van der Waals surface area contributed by atoms with Gasteiger partial charge in [-0.3, -0.25) is 0 Å². The van der Waals surface area contributed by atoms with Crippen LogP contribution in [0.15, 0.2) is 42.5 Å². The van der Waals surface area contributed by atoms with Gasteiger partial charge in [-0.1, -0.05) is 57.2 Å². The molecule has 7 heteroatoms. The van der Waals surface area contributed by atoms with Gasteiger partial charge in [0.05, 0.1) is 13.7 Å². The normalized spacial score (nSPS) is 10.5. The summed E-state index contributed by atoms with van der Waals surface area (Å²) in [6, 6.07) is 14.0. The van der Waals surface area contributed by atoms with E-state index >= 15 is 0 Å². The topological polar surface area (TPSA) is 77.8 Å². The molecule has 0 aromatic heterocycles. The summed E-state index contributed by atoms with van der Waals surface area (Å²) < 4.78 is 16.8. The molecule has 0 fully saturated rings. The number of rotatable bonds is 16. The molecule has 0 saturated heterocycles. The van der Waals surface area contributed by atoms with Crippen LogP contribution in [0, 0.1) is 0 Å². The highest BCUT2D eigenvalue weighted by Gasteiger charge is 2.06. The molecule has 0 heterocycles. The number of benzene rings is 2. The summed E-state index contributed by atoms with van der Waals surface area (Å²) in [4.78, 5) is 0. The Bertz CT molecular complexity index is 815. The van der Waals surface area contributed by atoms with Crippen molar-refractivity contribution >= 4 is 17.3 Å². The lowest BCUT2D eigenvalue weighted by Gasteiger charge is -2.14. The van der Waals surface area contributed by atoms with Gasteiger partial charge in [-0.05, 0) is 54.0 Å². The van der Waals surface area contributed by atoms with Crippen molar-refractivity contribution in [2.24, 2.45) is 5.73 Å². The molecule has 0 atom stereocenters. The first-order valence-corrected chi connectivity index (χ1v) is 12.3. The lowest BCUT2D eigenvalue weighted by Crippen LogP contribution is -2.34. The van der Waals surface area contributed by atoms with Gasteiger partial charge in [0.2, 0.25) is 0 Å². The summed E-state index contributed by atoms with van der Waals surface area (Å²) in [6.45, 7) is 5.17. The van der Waals surface area contributed by atoms with E-state index in [1.807, 2.05) is 30.3 Å². The summed E-state index contributed by atoms with van der Waals surface area (Å²) in [5.74, 6) is 2.29. The quantitative estimate of drug-likeness (QED) is 0.235. The Morgan fingerprint density at radius 1 is 0.818 bits per heavy atom. The molecule has 182 valence electrons. The molecule has 0 amide bonds.